The molecule has 2 heterocycles. The van der Waals surface area contributed by atoms with Gasteiger partial charge in [0.05, 0.1) is 0 Å². The van der Waals surface area contributed by atoms with Crippen LogP contribution in [0.4, 0.5) is 10.5 Å². The number of hydrogen-bond acceptors (Lipinski definition) is 3. The molecule has 1 aromatic rings. The van der Waals surface area contributed by atoms with Crippen molar-refractivity contribution in [2.75, 3.05) is 25.0 Å². The molecule has 0 aliphatic carbocycles. The van der Waals surface area contributed by atoms with Gasteiger partial charge in [0.15, 0.2) is 0 Å². The van der Waals surface area contributed by atoms with Crippen molar-refractivity contribution >= 4 is 11.7 Å². The number of aryl methyl sites for hydroxylation is 1. The van der Waals surface area contributed by atoms with E-state index in [1.165, 1.54) is 0 Å². The molecular weight excluding hydrogens is 252 g/mol. The predicted octanol–water partition coefficient (Wildman–Crippen LogP) is 2.16. The minimum absolute atomic E-state index is 0.138. The molecular formula is C15H22N4O. The van der Waals surface area contributed by atoms with Crippen LogP contribution in [0.1, 0.15) is 18.4 Å². The summed E-state index contributed by atoms with van der Waals surface area (Å²) < 4.78 is 0. The molecule has 0 atom stereocenters. The van der Waals surface area contributed by atoms with Crippen LogP contribution in [-0.4, -0.2) is 41.6 Å². The molecule has 0 spiro atoms. The van der Waals surface area contributed by atoms with Crippen LogP contribution in [0.15, 0.2) is 31.1 Å². The highest BCUT2D eigenvalue weighted by Crippen LogP contribution is 2.13. The maximum Gasteiger partial charge on any atom is 0.319 e. The van der Waals surface area contributed by atoms with Crippen LogP contribution in [0.25, 0.3) is 0 Å². The maximum absolute atomic E-state index is 12.0. The average Bonchev–Trinajstić information content (AvgIpc) is 2.44. The maximum atomic E-state index is 12.0. The highest BCUT2D eigenvalue weighted by Gasteiger charge is 2.19. The highest BCUT2D eigenvalue weighted by molar-refractivity contribution is 5.90. The number of pyridine rings is 1. The molecule has 0 bridgehead atoms. The summed E-state index contributed by atoms with van der Waals surface area (Å²) in [6.45, 7) is 8.61. The molecule has 1 saturated heterocycles. The van der Waals surface area contributed by atoms with E-state index in [1.54, 1.807) is 12.4 Å². The number of likely N-dealkylation sites (tertiary alicyclic amines) is 1. The zero-order valence-corrected chi connectivity index (χ0v) is 11.9. The van der Waals surface area contributed by atoms with Gasteiger partial charge in [0, 0.05) is 43.8 Å². The van der Waals surface area contributed by atoms with Crippen LogP contribution in [0, 0.1) is 6.92 Å². The molecule has 0 saturated carbocycles. The number of urea groups is 1. The lowest BCUT2D eigenvalue weighted by molar-refractivity contribution is 0.209. The molecule has 2 N–H and O–H groups in total. The number of nitrogens with zero attached hydrogens (tertiary/aromatic N) is 2. The highest BCUT2D eigenvalue weighted by atomic mass is 16.2. The van der Waals surface area contributed by atoms with Crippen molar-refractivity contribution in [3.63, 3.8) is 0 Å². The van der Waals surface area contributed by atoms with Gasteiger partial charge in [0.25, 0.3) is 0 Å². The van der Waals surface area contributed by atoms with E-state index in [0.29, 0.717) is 0 Å². The number of anilines is 1. The minimum Gasteiger partial charge on any atom is -0.335 e. The second-order valence-corrected chi connectivity index (χ2v) is 5.15. The van der Waals surface area contributed by atoms with Crippen molar-refractivity contribution in [2.24, 2.45) is 0 Å². The smallest absolute Gasteiger partial charge is 0.319 e. The van der Waals surface area contributed by atoms with Gasteiger partial charge in [-0.05, 0) is 31.4 Å². The first-order valence-electron chi connectivity index (χ1n) is 7.00. The van der Waals surface area contributed by atoms with Gasteiger partial charge >= 0.3 is 6.03 Å². The van der Waals surface area contributed by atoms with Crippen LogP contribution in [0.5, 0.6) is 0 Å². The van der Waals surface area contributed by atoms with E-state index in [-0.39, 0.29) is 12.1 Å². The van der Waals surface area contributed by atoms with Gasteiger partial charge in [-0.2, -0.15) is 0 Å². The Morgan fingerprint density at radius 3 is 2.95 bits per heavy atom. The molecule has 20 heavy (non-hydrogen) atoms. The molecule has 0 aromatic carbocycles. The van der Waals surface area contributed by atoms with E-state index in [1.807, 2.05) is 19.1 Å². The normalized spacial score (nSPS) is 16.6. The van der Waals surface area contributed by atoms with Gasteiger partial charge in [0.1, 0.15) is 0 Å². The molecule has 0 unspecified atom stereocenters. The fourth-order valence-electron chi connectivity index (χ4n) is 2.40. The number of hydrogen-bond donors (Lipinski definition) is 2. The zero-order valence-electron chi connectivity index (χ0n) is 11.9. The van der Waals surface area contributed by atoms with Crippen molar-refractivity contribution in [3.8, 4) is 0 Å². The fourth-order valence-corrected chi connectivity index (χ4v) is 2.40. The van der Waals surface area contributed by atoms with Crippen LogP contribution in [-0.2, 0) is 0 Å². The first-order chi connectivity index (χ1) is 9.69. The quantitative estimate of drug-likeness (QED) is 0.827. The summed E-state index contributed by atoms with van der Waals surface area (Å²) in [7, 11) is 0. The van der Waals surface area contributed by atoms with Crippen LogP contribution >= 0.6 is 0 Å². The van der Waals surface area contributed by atoms with Crippen molar-refractivity contribution in [2.45, 2.75) is 25.8 Å². The van der Waals surface area contributed by atoms with Crippen LogP contribution in [0.2, 0.25) is 0 Å². The Labute approximate surface area is 120 Å². The van der Waals surface area contributed by atoms with Crippen molar-refractivity contribution in [1.82, 2.24) is 15.2 Å². The lowest BCUT2D eigenvalue weighted by Crippen LogP contribution is -2.46. The summed E-state index contributed by atoms with van der Waals surface area (Å²) in [5, 5.41) is 5.91. The molecule has 1 aliphatic heterocycles. The lowest BCUT2D eigenvalue weighted by Gasteiger charge is -2.31. The Hall–Kier alpha value is -1.88. The predicted molar refractivity (Wildman–Crippen MR) is 80.8 cm³/mol. The second-order valence-electron chi connectivity index (χ2n) is 5.15. The first kappa shape index (κ1) is 14.5. The number of aromatic nitrogens is 1. The molecule has 108 valence electrons. The summed E-state index contributed by atoms with van der Waals surface area (Å²) in [5.74, 6) is 0. The first-order valence-corrected chi connectivity index (χ1v) is 7.00. The Morgan fingerprint density at radius 2 is 2.30 bits per heavy atom. The largest absolute Gasteiger partial charge is 0.335 e. The third-order valence-corrected chi connectivity index (χ3v) is 3.58. The summed E-state index contributed by atoms with van der Waals surface area (Å²) in [4.78, 5) is 18.3. The number of nitrogens with one attached hydrogen (secondary N) is 2. The van der Waals surface area contributed by atoms with E-state index >= 15 is 0 Å². The topological polar surface area (TPSA) is 57.3 Å². The van der Waals surface area contributed by atoms with Crippen molar-refractivity contribution < 1.29 is 4.79 Å². The van der Waals surface area contributed by atoms with Crippen LogP contribution < -0.4 is 10.6 Å². The van der Waals surface area contributed by atoms with Gasteiger partial charge in [-0.15, -0.1) is 6.58 Å². The molecule has 1 aromatic heterocycles. The Morgan fingerprint density at radius 1 is 1.55 bits per heavy atom. The Kier molecular flexibility index (Phi) is 5.12. The van der Waals surface area contributed by atoms with E-state index < -0.39 is 0 Å². The summed E-state index contributed by atoms with van der Waals surface area (Å²) in [6.07, 6.45) is 7.31. The monoisotopic (exact) mass is 274 g/mol. The molecule has 5 nitrogen and oxygen atoms in total. The summed E-state index contributed by atoms with van der Waals surface area (Å²) >= 11 is 0. The number of amides is 2. The molecule has 2 rings (SSSR count). The Bertz CT molecular complexity index is 467. The van der Waals surface area contributed by atoms with Crippen molar-refractivity contribution in [3.05, 3.63) is 36.7 Å². The number of carbonyl (C=O) groups excluding carboxylic acids is 1. The van der Waals surface area contributed by atoms with Gasteiger partial charge in [-0.25, -0.2) is 4.79 Å². The fraction of sp³-hybridized carbons (Fsp3) is 0.467. The Balaban J connectivity index is 1.78. The van der Waals surface area contributed by atoms with Gasteiger partial charge in [-0.1, -0.05) is 6.08 Å². The molecule has 0 radical (unpaired) electrons. The van der Waals surface area contributed by atoms with Gasteiger partial charge in [0.2, 0.25) is 0 Å². The SMILES string of the molecule is C=CCN1CCC(NC(=O)Nc2ccncc2C)CC1. The second kappa shape index (κ2) is 7.05. The molecule has 2 amide bonds. The minimum atomic E-state index is -0.138. The number of piperidine rings is 1. The van der Waals surface area contributed by atoms with E-state index in [0.717, 1.165) is 43.7 Å². The van der Waals surface area contributed by atoms with Crippen molar-refractivity contribution in [1.29, 1.82) is 0 Å². The van der Waals surface area contributed by atoms with Gasteiger partial charge in [-0.3, -0.25) is 9.88 Å². The van der Waals surface area contributed by atoms with E-state index in [2.05, 4.69) is 27.1 Å². The molecule has 1 fully saturated rings. The third-order valence-electron chi connectivity index (χ3n) is 3.58. The average molecular weight is 274 g/mol. The lowest BCUT2D eigenvalue weighted by atomic mass is 10.1. The third kappa shape index (κ3) is 4.06. The zero-order chi connectivity index (χ0) is 14.4. The van der Waals surface area contributed by atoms with E-state index in [4.69, 9.17) is 0 Å². The van der Waals surface area contributed by atoms with Gasteiger partial charge < -0.3 is 10.6 Å². The number of carbonyl (C=O) groups is 1. The standard InChI is InChI=1S/C15H22N4O/c1-3-8-19-9-5-13(6-10-19)17-15(20)18-14-4-7-16-11-12(14)2/h3-4,7,11,13H,1,5-6,8-10H2,2H3,(H2,16,17,18,20). The van der Waals surface area contributed by atoms with Crippen LogP contribution in [0.3, 0.4) is 0 Å². The summed E-state index contributed by atoms with van der Waals surface area (Å²) in [5.41, 5.74) is 1.77. The molecule has 1 aliphatic rings. The number of rotatable bonds is 4. The van der Waals surface area contributed by atoms with E-state index in [9.17, 15) is 4.79 Å². The molecule has 5 heteroatoms. The summed E-state index contributed by atoms with van der Waals surface area (Å²) in [6, 6.07) is 1.92.